The van der Waals surface area contributed by atoms with Gasteiger partial charge in [-0.25, -0.2) is 0 Å². The average molecular weight is 663 g/mol. The lowest BCUT2D eigenvalue weighted by atomic mass is 9.82. The lowest BCUT2D eigenvalue weighted by Gasteiger charge is -2.41. The molecule has 1 aliphatic rings. The summed E-state index contributed by atoms with van der Waals surface area (Å²) in [5, 5.41) is 13.1. The Morgan fingerprint density at radius 2 is 1.69 bits per heavy atom. The molecule has 0 spiro atoms. The zero-order valence-electron chi connectivity index (χ0n) is 24.3. The van der Waals surface area contributed by atoms with Crippen molar-refractivity contribution in [2.24, 2.45) is 0 Å². The molecule has 210 valence electrons. The molecule has 3 aromatic carbocycles. The monoisotopic (exact) mass is 662 g/mol. The molecule has 0 unspecified atom stereocenters. The molecule has 0 heterocycles. The van der Waals surface area contributed by atoms with Gasteiger partial charge in [0.15, 0.2) is 14.1 Å². The number of hydrogen-bond donors (Lipinski definition) is 1. The number of fused-ring (bicyclic) bond motifs is 2. The van der Waals surface area contributed by atoms with Gasteiger partial charge in [-0.05, 0) is 89.5 Å². The van der Waals surface area contributed by atoms with E-state index in [9.17, 15) is 9.90 Å². The fourth-order valence-corrected chi connectivity index (χ4v) is 6.71. The third-order valence-electron chi connectivity index (χ3n) is 8.26. The predicted octanol–water partition coefficient (Wildman–Crippen LogP) is 8.02. The summed E-state index contributed by atoms with van der Waals surface area (Å²) >= 11 is 2.29. The summed E-state index contributed by atoms with van der Waals surface area (Å²) in [5.74, 6) is 1.10. The molecule has 0 saturated heterocycles. The fourth-order valence-electron chi connectivity index (χ4n) is 5.02. The second-order valence-corrected chi connectivity index (χ2v) is 17.7. The molecule has 0 saturated carbocycles. The third-order valence-corrected chi connectivity index (χ3v) is 14.4. The van der Waals surface area contributed by atoms with Gasteiger partial charge >= 0.3 is 0 Å². The normalized spacial score (nSPS) is 17.8. The van der Waals surface area contributed by atoms with Gasteiger partial charge in [0.2, 0.25) is 0 Å². The van der Waals surface area contributed by atoms with E-state index < -0.39 is 20.5 Å². The van der Waals surface area contributed by atoms with E-state index in [-0.39, 0.29) is 22.1 Å². The van der Waals surface area contributed by atoms with Crippen molar-refractivity contribution in [2.75, 3.05) is 14.2 Å². The van der Waals surface area contributed by atoms with E-state index in [1.165, 1.54) is 0 Å². The molecule has 0 bridgehead atoms. The number of hydrogen-bond acceptors (Lipinski definition) is 6. The summed E-state index contributed by atoms with van der Waals surface area (Å²) in [6.45, 7) is 15.1. The van der Waals surface area contributed by atoms with Crippen molar-refractivity contribution in [3.63, 3.8) is 0 Å². The minimum atomic E-state index is -2.31. The van der Waals surface area contributed by atoms with Crippen LogP contribution in [0.5, 0.6) is 17.2 Å². The summed E-state index contributed by atoms with van der Waals surface area (Å²) in [6, 6.07) is 9.73. The zero-order chi connectivity index (χ0) is 28.9. The summed E-state index contributed by atoms with van der Waals surface area (Å²) in [7, 11) is 0.938. The molecule has 0 radical (unpaired) electrons. The minimum absolute atomic E-state index is 0.0252. The van der Waals surface area contributed by atoms with Crippen molar-refractivity contribution in [2.45, 2.75) is 78.0 Å². The van der Waals surface area contributed by atoms with E-state index in [0.717, 1.165) is 31.4 Å². The van der Waals surface area contributed by atoms with Crippen LogP contribution >= 0.6 is 22.6 Å². The number of aryl methyl sites for hydroxylation is 2. The van der Waals surface area contributed by atoms with Crippen LogP contribution in [-0.2, 0) is 15.8 Å². The lowest BCUT2D eigenvalue weighted by molar-refractivity contribution is -0.000515. The summed E-state index contributed by atoms with van der Waals surface area (Å²) < 4.78 is 25.5. The van der Waals surface area contributed by atoms with Crippen LogP contribution in [0.15, 0.2) is 30.3 Å². The summed E-state index contributed by atoms with van der Waals surface area (Å²) in [5.41, 5.74) is 3.81. The van der Waals surface area contributed by atoms with Crippen LogP contribution in [0.25, 0.3) is 10.8 Å². The van der Waals surface area contributed by atoms with E-state index >= 15 is 0 Å². The Bertz CT molecular complexity index is 1410. The molecule has 6 nitrogen and oxygen atoms in total. The summed E-state index contributed by atoms with van der Waals surface area (Å²) in [6.07, 6.45) is -0.894. The highest BCUT2D eigenvalue weighted by Gasteiger charge is 2.46. The van der Waals surface area contributed by atoms with Crippen molar-refractivity contribution in [3.8, 4) is 17.2 Å². The number of ketones is 1. The van der Waals surface area contributed by atoms with E-state index in [0.29, 0.717) is 29.7 Å². The Hall–Kier alpha value is -2.14. The molecule has 39 heavy (non-hydrogen) atoms. The van der Waals surface area contributed by atoms with Crippen molar-refractivity contribution < 1.29 is 28.5 Å². The number of carbonyl (C=O) groups excluding carboxylic acids is 1. The van der Waals surface area contributed by atoms with Crippen LogP contribution in [-0.4, -0.2) is 39.5 Å². The van der Waals surface area contributed by atoms with Crippen LogP contribution < -0.4 is 9.47 Å². The highest BCUT2D eigenvalue weighted by molar-refractivity contribution is 14.1. The molecule has 2 atom stereocenters. The van der Waals surface area contributed by atoms with Crippen molar-refractivity contribution in [1.82, 2.24) is 0 Å². The highest BCUT2D eigenvalue weighted by atomic mass is 127. The number of carbonyl (C=O) groups is 1. The highest BCUT2D eigenvalue weighted by Crippen LogP contribution is 2.51. The molecule has 3 aromatic rings. The number of halogens is 1. The Balaban J connectivity index is 1.89. The topological polar surface area (TPSA) is 74.2 Å². The summed E-state index contributed by atoms with van der Waals surface area (Å²) in [4.78, 5) is 14.1. The first-order chi connectivity index (χ1) is 18.2. The van der Waals surface area contributed by atoms with Gasteiger partial charge in [-0.2, -0.15) is 0 Å². The smallest absolute Gasteiger partial charge is 0.194 e. The molecule has 0 fully saturated rings. The molecule has 0 aromatic heterocycles. The van der Waals surface area contributed by atoms with Gasteiger partial charge in [0.1, 0.15) is 23.4 Å². The van der Waals surface area contributed by atoms with Crippen LogP contribution in [0.3, 0.4) is 0 Å². The van der Waals surface area contributed by atoms with Crippen LogP contribution in [0.1, 0.15) is 65.9 Å². The number of phenolic OH excluding ortho intramolecular Hbond substituents is 1. The second-order valence-electron chi connectivity index (χ2n) is 11.8. The Kier molecular flexibility index (Phi) is 8.43. The number of benzene rings is 3. The van der Waals surface area contributed by atoms with Gasteiger partial charge in [-0.3, -0.25) is 4.79 Å². The lowest BCUT2D eigenvalue weighted by Crippen LogP contribution is -2.47. The minimum Gasteiger partial charge on any atom is -0.507 e. The Morgan fingerprint density at radius 3 is 2.26 bits per heavy atom. The molecule has 8 heteroatoms. The number of methoxy groups -OCH3 is 2. The van der Waals surface area contributed by atoms with Crippen molar-refractivity contribution in [1.29, 1.82) is 0 Å². The number of aromatic hydroxyl groups is 1. The number of ether oxygens (including phenoxy) is 3. The molecule has 0 aliphatic heterocycles. The van der Waals surface area contributed by atoms with Gasteiger partial charge in [-0.15, -0.1) is 0 Å². The molecular weight excluding hydrogens is 623 g/mol. The van der Waals surface area contributed by atoms with E-state index in [2.05, 4.69) is 56.5 Å². The van der Waals surface area contributed by atoms with Gasteiger partial charge in [0, 0.05) is 26.3 Å². The van der Waals surface area contributed by atoms with Gasteiger partial charge in [-0.1, -0.05) is 32.9 Å². The SMILES string of the molecule is COc1ccc(CO[C@H]2C[C@H](O[Si](C)(C)C(C)(C)C)C(=O)c3c2c(OC)c2cc(C)c(I)c(C)c2c3O)cc1. The van der Waals surface area contributed by atoms with Crippen molar-refractivity contribution >= 4 is 47.5 Å². The fraction of sp³-hybridized carbons (Fsp3) is 0.452. The number of rotatable bonds is 7. The van der Waals surface area contributed by atoms with Crippen LogP contribution in [0, 0.1) is 17.4 Å². The second kappa shape index (κ2) is 11.0. The van der Waals surface area contributed by atoms with Gasteiger partial charge < -0.3 is 23.7 Å². The zero-order valence-corrected chi connectivity index (χ0v) is 27.5. The quantitative estimate of drug-likeness (QED) is 0.204. The average Bonchev–Trinajstić information content (AvgIpc) is 2.87. The van der Waals surface area contributed by atoms with E-state index in [1.54, 1.807) is 14.2 Å². The molecule has 4 rings (SSSR count). The molecule has 1 N–H and O–H groups in total. The standard InChI is InChI=1S/C31H39IO6Si/c1-17-14-21-24(18(2)27(17)32)29(34)26-25(30(21)36-7)22(37-16-19-10-12-20(35-6)13-11-19)15-23(28(26)33)38-39(8,9)31(3,4)5/h10-14,22-23,34H,15-16H2,1-9H3/t22-,23-/m0/s1. The predicted molar refractivity (Wildman–Crippen MR) is 166 cm³/mol. The molecular formula is C31H39IO6Si. The Morgan fingerprint density at radius 1 is 1.05 bits per heavy atom. The Labute approximate surface area is 246 Å². The van der Waals surface area contributed by atoms with Crippen molar-refractivity contribution in [3.05, 3.63) is 61.7 Å². The van der Waals surface area contributed by atoms with Crippen LogP contribution in [0.4, 0.5) is 0 Å². The van der Waals surface area contributed by atoms with E-state index in [1.807, 2.05) is 44.2 Å². The molecule has 0 amide bonds. The largest absolute Gasteiger partial charge is 0.507 e. The first kappa shape index (κ1) is 29.8. The molecule has 1 aliphatic carbocycles. The third kappa shape index (κ3) is 5.45. The number of phenols is 1. The van der Waals surface area contributed by atoms with Gasteiger partial charge in [0.25, 0.3) is 0 Å². The first-order valence-electron chi connectivity index (χ1n) is 13.2. The maximum absolute atomic E-state index is 14.1. The van der Waals surface area contributed by atoms with Gasteiger partial charge in [0.05, 0.1) is 32.5 Å². The maximum atomic E-state index is 14.1. The number of Topliss-reactive ketones (excluding diaryl/α,β-unsaturated/α-hetero) is 1. The van der Waals surface area contributed by atoms with E-state index in [4.69, 9.17) is 18.6 Å². The first-order valence-corrected chi connectivity index (χ1v) is 17.2. The maximum Gasteiger partial charge on any atom is 0.194 e. The van der Waals surface area contributed by atoms with Crippen LogP contribution in [0.2, 0.25) is 18.1 Å².